The Bertz CT molecular complexity index is 493. The molecule has 0 aliphatic carbocycles. The van der Waals surface area contributed by atoms with Gasteiger partial charge in [0.15, 0.2) is 5.76 Å². The van der Waals surface area contributed by atoms with E-state index in [4.69, 9.17) is 10.2 Å². The van der Waals surface area contributed by atoms with Crippen molar-refractivity contribution in [3.05, 3.63) is 58.5 Å². The van der Waals surface area contributed by atoms with Crippen molar-refractivity contribution in [2.45, 2.75) is 6.04 Å². The lowest BCUT2D eigenvalue weighted by Gasteiger charge is -2.08. The van der Waals surface area contributed by atoms with E-state index in [-0.39, 0.29) is 11.5 Å². The summed E-state index contributed by atoms with van der Waals surface area (Å²) in [6, 6.07) is 10.2. The van der Waals surface area contributed by atoms with Gasteiger partial charge in [0.1, 0.15) is 0 Å². The van der Waals surface area contributed by atoms with Gasteiger partial charge in [0, 0.05) is 0 Å². The Labute approximate surface area is 101 Å². The number of carbonyl (C=O) groups excluding carboxylic acids is 1. The Morgan fingerprint density at radius 1 is 1.25 bits per heavy atom. The van der Waals surface area contributed by atoms with E-state index in [1.807, 2.05) is 30.3 Å². The topological polar surface area (TPSA) is 56.2 Å². The highest BCUT2D eigenvalue weighted by molar-refractivity contribution is 9.10. The van der Waals surface area contributed by atoms with Gasteiger partial charge in [0.25, 0.3) is 0 Å². The quantitative estimate of drug-likeness (QED) is 0.879. The van der Waals surface area contributed by atoms with E-state index in [2.05, 4.69) is 15.9 Å². The van der Waals surface area contributed by atoms with Gasteiger partial charge in [0.05, 0.1) is 16.8 Å². The molecular weight excluding hydrogens is 270 g/mol. The van der Waals surface area contributed by atoms with Gasteiger partial charge in [-0.05, 0) is 27.6 Å². The first-order chi connectivity index (χ1) is 7.70. The summed E-state index contributed by atoms with van der Waals surface area (Å²) in [4.78, 5) is 12.0. The van der Waals surface area contributed by atoms with E-state index in [9.17, 15) is 4.79 Å². The fourth-order valence-electron chi connectivity index (χ4n) is 1.42. The van der Waals surface area contributed by atoms with Crippen molar-refractivity contribution >= 4 is 21.7 Å². The molecule has 0 radical (unpaired) electrons. The van der Waals surface area contributed by atoms with E-state index in [1.54, 1.807) is 6.07 Å². The molecule has 0 amide bonds. The first-order valence-electron chi connectivity index (χ1n) is 4.78. The minimum absolute atomic E-state index is 0.233. The van der Waals surface area contributed by atoms with Crippen LogP contribution >= 0.6 is 15.9 Å². The minimum atomic E-state index is -0.691. The predicted octanol–water partition coefficient (Wildman–Crippen LogP) is 2.92. The first-order valence-corrected chi connectivity index (χ1v) is 5.57. The highest BCUT2D eigenvalue weighted by Gasteiger charge is 2.22. The van der Waals surface area contributed by atoms with Crippen molar-refractivity contribution in [1.82, 2.24) is 0 Å². The van der Waals surface area contributed by atoms with E-state index in [1.165, 1.54) is 6.26 Å². The van der Waals surface area contributed by atoms with Crippen LogP contribution in [0.25, 0.3) is 0 Å². The zero-order chi connectivity index (χ0) is 11.5. The molecule has 0 saturated heterocycles. The molecule has 0 unspecified atom stereocenters. The maximum absolute atomic E-state index is 12.0. The maximum atomic E-state index is 12.0. The Balaban J connectivity index is 2.27. The van der Waals surface area contributed by atoms with E-state index in [0.29, 0.717) is 4.47 Å². The number of halogens is 1. The summed E-state index contributed by atoms with van der Waals surface area (Å²) in [5.41, 5.74) is 6.64. The number of ketones is 1. The van der Waals surface area contributed by atoms with Gasteiger partial charge in [0.2, 0.25) is 5.78 Å². The van der Waals surface area contributed by atoms with Gasteiger partial charge in [-0.1, -0.05) is 30.3 Å². The highest BCUT2D eigenvalue weighted by atomic mass is 79.9. The molecule has 0 saturated carbocycles. The second kappa shape index (κ2) is 4.63. The minimum Gasteiger partial charge on any atom is -0.460 e. The highest BCUT2D eigenvalue weighted by Crippen LogP contribution is 2.23. The van der Waals surface area contributed by atoms with Crippen LogP contribution < -0.4 is 5.73 Å². The summed E-state index contributed by atoms with van der Waals surface area (Å²) in [6.07, 6.45) is 1.45. The lowest BCUT2D eigenvalue weighted by molar-refractivity contribution is 0.0933. The van der Waals surface area contributed by atoms with Crippen LogP contribution in [-0.4, -0.2) is 5.78 Å². The predicted molar refractivity (Wildman–Crippen MR) is 64.1 cm³/mol. The maximum Gasteiger partial charge on any atom is 0.220 e. The summed E-state index contributed by atoms with van der Waals surface area (Å²) in [5, 5.41) is 0. The summed E-state index contributed by atoms with van der Waals surface area (Å²) in [6.45, 7) is 0. The van der Waals surface area contributed by atoms with Crippen LogP contribution in [0.4, 0.5) is 0 Å². The molecule has 1 aromatic heterocycles. The number of furan rings is 1. The van der Waals surface area contributed by atoms with Crippen molar-refractivity contribution < 1.29 is 9.21 Å². The third kappa shape index (κ3) is 2.08. The average Bonchev–Trinajstić information content (AvgIpc) is 2.75. The normalized spacial score (nSPS) is 12.4. The van der Waals surface area contributed by atoms with Crippen molar-refractivity contribution in [1.29, 1.82) is 0 Å². The summed E-state index contributed by atoms with van der Waals surface area (Å²) < 4.78 is 5.72. The molecule has 0 fully saturated rings. The van der Waals surface area contributed by atoms with Gasteiger partial charge in [-0.2, -0.15) is 0 Å². The number of rotatable bonds is 3. The molecule has 3 nitrogen and oxygen atoms in total. The van der Waals surface area contributed by atoms with E-state index in [0.717, 1.165) is 5.56 Å². The van der Waals surface area contributed by atoms with Gasteiger partial charge in [-0.25, -0.2) is 0 Å². The van der Waals surface area contributed by atoms with Crippen LogP contribution in [0.15, 0.2) is 51.6 Å². The van der Waals surface area contributed by atoms with Gasteiger partial charge in [-0.3, -0.25) is 4.79 Å². The Morgan fingerprint density at radius 2 is 1.94 bits per heavy atom. The van der Waals surface area contributed by atoms with Crippen LogP contribution in [0.3, 0.4) is 0 Å². The van der Waals surface area contributed by atoms with Gasteiger partial charge in [-0.15, -0.1) is 0 Å². The molecule has 0 aliphatic rings. The average molecular weight is 280 g/mol. The molecule has 16 heavy (non-hydrogen) atoms. The summed E-state index contributed by atoms with van der Waals surface area (Å²) in [5.74, 6) is 0.0272. The number of nitrogens with two attached hydrogens (primary N) is 1. The standard InChI is InChI=1S/C12H10BrNO2/c13-9-6-7-16-12(9)11(15)10(14)8-4-2-1-3-5-8/h1-7,10H,14H2/t10-/m1/s1. The number of Topliss-reactive ketones (excluding diaryl/α,β-unsaturated/α-hetero) is 1. The third-order valence-electron chi connectivity index (χ3n) is 2.28. The van der Waals surface area contributed by atoms with Crippen LogP contribution in [0.5, 0.6) is 0 Å². The van der Waals surface area contributed by atoms with Crippen molar-refractivity contribution in [2.75, 3.05) is 0 Å². The lowest BCUT2D eigenvalue weighted by Crippen LogP contribution is -2.21. The third-order valence-corrected chi connectivity index (χ3v) is 2.91. The van der Waals surface area contributed by atoms with Crippen molar-refractivity contribution in [3.63, 3.8) is 0 Å². The van der Waals surface area contributed by atoms with Gasteiger partial charge >= 0.3 is 0 Å². The van der Waals surface area contributed by atoms with E-state index >= 15 is 0 Å². The van der Waals surface area contributed by atoms with Gasteiger partial charge < -0.3 is 10.2 Å². The summed E-state index contributed by atoms with van der Waals surface area (Å²) in [7, 11) is 0. The second-order valence-electron chi connectivity index (χ2n) is 3.35. The molecule has 0 aliphatic heterocycles. The molecule has 4 heteroatoms. The largest absolute Gasteiger partial charge is 0.460 e. The number of benzene rings is 1. The Kier molecular flexibility index (Phi) is 3.22. The van der Waals surface area contributed by atoms with Crippen LogP contribution in [0.1, 0.15) is 22.2 Å². The Morgan fingerprint density at radius 3 is 2.50 bits per heavy atom. The molecule has 2 aromatic rings. The first kappa shape index (κ1) is 11.1. The number of carbonyl (C=O) groups is 1. The van der Waals surface area contributed by atoms with Crippen molar-refractivity contribution in [2.24, 2.45) is 5.73 Å². The monoisotopic (exact) mass is 279 g/mol. The second-order valence-corrected chi connectivity index (χ2v) is 4.20. The number of hydrogen-bond acceptors (Lipinski definition) is 3. The fraction of sp³-hybridized carbons (Fsp3) is 0.0833. The molecule has 1 aromatic carbocycles. The molecule has 0 bridgehead atoms. The molecule has 1 heterocycles. The van der Waals surface area contributed by atoms with Crippen LogP contribution in [0.2, 0.25) is 0 Å². The molecule has 2 rings (SSSR count). The molecule has 0 spiro atoms. The zero-order valence-corrected chi connectivity index (χ0v) is 9.98. The SMILES string of the molecule is N[C@@H](C(=O)c1occc1Br)c1ccccc1. The smallest absolute Gasteiger partial charge is 0.220 e. The molecule has 1 atom stereocenters. The zero-order valence-electron chi connectivity index (χ0n) is 8.39. The lowest BCUT2D eigenvalue weighted by atomic mass is 10.0. The van der Waals surface area contributed by atoms with Crippen LogP contribution in [0, 0.1) is 0 Å². The van der Waals surface area contributed by atoms with E-state index < -0.39 is 6.04 Å². The molecule has 2 N–H and O–H groups in total. The Hall–Kier alpha value is -1.39. The molecular formula is C12H10BrNO2. The molecule has 82 valence electrons. The fourth-order valence-corrected chi connectivity index (χ4v) is 1.82. The van der Waals surface area contributed by atoms with Crippen LogP contribution in [-0.2, 0) is 0 Å². The number of hydrogen-bond donors (Lipinski definition) is 1. The van der Waals surface area contributed by atoms with Crippen molar-refractivity contribution in [3.8, 4) is 0 Å². The summed E-state index contributed by atoms with van der Waals surface area (Å²) >= 11 is 3.24.